The second-order valence-corrected chi connectivity index (χ2v) is 4.40. The number of nitro groups is 1. The molecule has 0 spiro atoms. The molecule has 0 atom stereocenters. The van der Waals surface area contributed by atoms with Gasteiger partial charge >= 0.3 is 5.69 Å². The van der Waals surface area contributed by atoms with Crippen LogP contribution in [-0.2, 0) is 0 Å². The fraction of sp³-hybridized carbons (Fsp3) is 0.0833. The number of aromatic nitrogens is 1. The SMILES string of the molecule is Cc1nc(Oc2ccccc2[N+](=O)[O-])ccc1Br. The van der Waals surface area contributed by atoms with E-state index in [9.17, 15) is 10.1 Å². The summed E-state index contributed by atoms with van der Waals surface area (Å²) in [6, 6.07) is 9.62. The van der Waals surface area contributed by atoms with Gasteiger partial charge in [-0.25, -0.2) is 4.98 Å². The van der Waals surface area contributed by atoms with E-state index in [0.29, 0.717) is 5.88 Å². The van der Waals surface area contributed by atoms with Crippen LogP contribution in [0.25, 0.3) is 0 Å². The summed E-state index contributed by atoms with van der Waals surface area (Å²) in [5, 5.41) is 10.8. The second kappa shape index (κ2) is 5.14. The average Bonchev–Trinajstić information content (AvgIpc) is 2.34. The Hall–Kier alpha value is -1.95. The quantitative estimate of drug-likeness (QED) is 0.638. The number of rotatable bonds is 3. The first-order chi connectivity index (χ1) is 8.58. The third kappa shape index (κ3) is 2.65. The van der Waals surface area contributed by atoms with Crippen molar-refractivity contribution in [2.45, 2.75) is 6.92 Å². The van der Waals surface area contributed by atoms with Crippen molar-refractivity contribution in [3.05, 3.63) is 56.7 Å². The van der Waals surface area contributed by atoms with E-state index in [1.807, 2.05) is 6.92 Å². The van der Waals surface area contributed by atoms with E-state index in [1.54, 1.807) is 24.3 Å². The Morgan fingerprint density at radius 3 is 2.67 bits per heavy atom. The van der Waals surface area contributed by atoms with Crippen LogP contribution < -0.4 is 4.74 Å². The molecule has 0 saturated heterocycles. The highest BCUT2D eigenvalue weighted by Crippen LogP contribution is 2.30. The van der Waals surface area contributed by atoms with Gasteiger partial charge in [0.2, 0.25) is 11.6 Å². The highest BCUT2D eigenvalue weighted by molar-refractivity contribution is 9.10. The maximum absolute atomic E-state index is 10.8. The van der Waals surface area contributed by atoms with Gasteiger partial charge in [-0.1, -0.05) is 12.1 Å². The number of nitrogens with zero attached hydrogens (tertiary/aromatic N) is 2. The zero-order valence-corrected chi connectivity index (χ0v) is 11.0. The molecule has 0 saturated carbocycles. The van der Waals surface area contributed by atoms with Crippen molar-refractivity contribution in [2.75, 3.05) is 0 Å². The minimum Gasteiger partial charge on any atom is -0.432 e. The van der Waals surface area contributed by atoms with Gasteiger partial charge in [-0.15, -0.1) is 0 Å². The van der Waals surface area contributed by atoms with Crippen LogP contribution in [0, 0.1) is 17.0 Å². The Labute approximate surface area is 112 Å². The fourth-order valence-electron chi connectivity index (χ4n) is 1.38. The standard InChI is InChI=1S/C12H9BrN2O3/c1-8-9(13)6-7-12(14-8)18-11-5-3-2-4-10(11)15(16)17/h2-7H,1H3. The van der Waals surface area contributed by atoms with Gasteiger partial charge in [0, 0.05) is 16.6 Å². The first-order valence-electron chi connectivity index (χ1n) is 5.12. The minimum atomic E-state index is -0.485. The molecule has 18 heavy (non-hydrogen) atoms. The van der Waals surface area contributed by atoms with Crippen LogP contribution in [0.5, 0.6) is 11.6 Å². The third-order valence-electron chi connectivity index (χ3n) is 2.27. The Morgan fingerprint density at radius 2 is 2.00 bits per heavy atom. The molecular weight excluding hydrogens is 300 g/mol. The lowest BCUT2D eigenvalue weighted by Gasteiger charge is -2.06. The van der Waals surface area contributed by atoms with Gasteiger partial charge in [0.05, 0.1) is 10.6 Å². The first kappa shape index (κ1) is 12.5. The molecule has 0 unspecified atom stereocenters. The molecule has 1 aromatic heterocycles. The molecule has 5 nitrogen and oxygen atoms in total. The van der Waals surface area contributed by atoms with Crippen LogP contribution in [0.3, 0.4) is 0 Å². The highest BCUT2D eigenvalue weighted by Gasteiger charge is 2.15. The molecular formula is C12H9BrN2O3. The number of ether oxygens (including phenoxy) is 1. The summed E-state index contributed by atoms with van der Waals surface area (Å²) in [7, 11) is 0. The number of benzene rings is 1. The van der Waals surface area contributed by atoms with Crippen molar-refractivity contribution in [2.24, 2.45) is 0 Å². The topological polar surface area (TPSA) is 65.3 Å². The number of hydrogen-bond donors (Lipinski definition) is 0. The number of hydrogen-bond acceptors (Lipinski definition) is 4. The maximum atomic E-state index is 10.8. The molecule has 0 aliphatic heterocycles. The van der Waals surface area contributed by atoms with Crippen molar-refractivity contribution >= 4 is 21.6 Å². The van der Waals surface area contributed by atoms with E-state index in [4.69, 9.17) is 4.74 Å². The van der Waals surface area contributed by atoms with Crippen LogP contribution in [0.2, 0.25) is 0 Å². The molecule has 0 aliphatic rings. The smallest absolute Gasteiger partial charge is 0.311 e. The van der Waals surface area contributed by atoms with E-state index < -0.39 is 4.92 Å². The molecule has 2 aromatic rings. The summed E-state index contributed by atoms with van der Waals surface area (Å²) in [5.74, 6) is 0.502. The number of pyridine rings is 1. The Morgan fingerprint density at radius 1 is 1.28 bits per heavy atom. The Kier molecular flexibility index (Phi) is 3.57. The maximum Gasteiger partial charge on any atom is 0.311 e. The summed E-state index contributed by atoms with van der Waals surface area (Å²) in [5.41, 5.74) is 0.672. The molecule has 0 N–H and O–H groups in total. The van der Waals surface area contributed by atoms with Gasteiger partial charge in [-0.05, 0) is 35.0 Å². The summed E-state index contributed by atoms with van der Waals surface area (Å²) in [6.45, 7) is 1.82. The van der Waals surface area contributed by atoms with Gasteiger partial charge in [-0.2, -0.15) is 0 Å². The normalized spacial score (nSPS) is 10.1. The molecule has 1 heterocycles. The zero-order chi connectivity index (χ0) is 13.1. The van der Waals surface area contributed by atoms with Crippen molar-refractivity contribution < 1.29 is 9.66 Å². The van der Waals surface area contributed by atoms with Crippen LogP contribution >= 0.6 is 15.9 Å². The van der Waals surface area contributed by atoms with Crippen LogP contribution in [-0.4, -0.2) is 9.91 Å². The lowest BCUT2D eigenvalue weighted by molar-refractivity contribution is -0.385. The van der Waals surface area contributed by atoms with E-state index in [2.05, 4.69) is 20.9 Å². The van der Waals surface area contributed by atoms with Gasteiger partial charge in [-0.3, -0.25) is 10.1 Å². The van der Waals surface area contributed by atoms with Crippen molar-refractivity contribution in [1.29, 1.82) is 0 Å². The first-order valence-corrected chi connectivity index (χ1v) is 5.91. The van der Waals surface area contributed by atoms with E-state index >= 15 is 0 Å². The summed E-state index contributed by atoms with van der Waals surface area (Å²) >= 11 is 3.33. The fourth-order valence-corrected chi connectivity index (χ4v) is 1.61. The van der Waals surface area contributed by atoms with E-state index in [1.165, 1.54) is 12.1 Å². The zero-order valence-electron chi connectivity index (χ0n) is 9.46. The van der Waals surface area contributed by atoms with Crippen LogP contribution in [0.15, 0.2) is 40.9 Å². The summed E-state index contributed by atoms with van der Waals surface area (Å²) in [4.78, 5) is 14.5. The van der Waals surface area contributed by atoms with E-state index in [0.717, 1.165) is 10.2 Å². The number of aryl methyl sites for hydroxylation is 1. The van der Waals surface area contributed by atoms with Crippen molar-refractivity contribution in [1.82, 2.24) is 4.98 Å². The summed E-state index contributed by atoms with van der Waals surface area (Å²) < 4.78 is 6.29. The Balaban J connectivity index is 2.34. The molecule has 0 aliphatic carbocycles. The molecule has 1 aromatic carbocycles. The van der Waals surface area contributed by atoms with Gasteiger partial charge in [0.15, 0.2) is 0 Å². The van der Waals surface area contributed by atoms with Crippen molar-refractivity contribution in [3.8, 4) is 11.6 Å². The second-order valence-electron chi connectivity index (χ2n) is 3.54. The largest absolute Gasteiger partial charge is 0.432 e. The molecule has 0 radical (unpaired) electrons. The lowest BCUT2D eigenvalue weighted by atomic mass is 10.3. The summed E-state index contributed by atoms with van der Waals surface area (Å²) in [6.07, 6.45) is 0. The van der Waals surface area contributed by atoms with Crippen LogP contribution in [0.1, 0.15) is 5.69 Å². The van der Waals surface area contributed by atoms with Crippen molar-refractivity contribution in [3.63, 3.8) is 0 Å². The minimum absolute atomic E-state index is 0.0835. The number of halogens is 1. The molecule has 6 heteroatoms. The molecule has 2 rings (SSSR count). The highest BCUT2D eigenvalue weighted by atomic mass is 79.9. The molecule has 0 bridgehead atoms. The van der Waals surface area contributed by atoms with E-state index in [-0.39, 0.29) is 11.4 Å². The Bertz CT molecular complexity index is 602. The average molecular weight is 309 g/mol. The van der Waals surface area contributed by atoms with Crippen LogP contribution in [0.4, 0.5) is 5.69 Å². The predicted molar refractivity (Wildman–Crippen MR) is 69.8 cm³/mol. The number of nitro benzene ring substituents is 1. The lowest BCUT2D eigenvalue weighted by Crippen LogP contribution is -1.95. The number of para-hydroxylation sites is 2. The van der Waals surface area contributed by atoms with Gasteiger partial charge in [0.1, 0.15) is 0 Å². The van der Waals surface area contributed by atoms with Gasteiger partial charge in [0.25, 0.3) is 0 Å². The van der Waals surface area contributed by atoms with Gasteiger partial charge < -0.3 is 4.74 Å². The third-order valence-corrected chi connectivity index (χ3v) is 3.11. The molecule has 0 amide bonds. The molecule has 0 fully saturated rings. The predicted octanol–water partition coefficient (Wildman–Crippen LogP) is 3.85. The monoisotopic (exact) mass is 308 g/mol. The molecule has 92 valence electrons.